The molecule has 0 radical (unpaired) electrons. The molecule has 0 amide bonds. The minimum absolute atomic E-state index is 1.02. The van der Waals surface area contributed by atoms with Crippen LogP contribution in [0.2, 0.25) is 0 Å². The molecule has 2 aromatic rings. The van der Waals surface area contributed by atoms with Crippen molar-refractivity contribution < 1.29 is 0 Å². The molecule has 80 valence electrons. The molecule has 0 unspecified atom stereocenters. The van der Waals surface area contributed by atoms with Gasteiger partial charge in [0.05, 0.1) is 5.52 Å². The Hall–Kier alpha value is -0.800. The van der Waals surface area contributed by atoms with E-state index in [4.69, 9.17) is 0 Å². The van der Waals surface area contributed by atoms with E-state index in [-0.39, 0.29) is 0 Å². The largest absolute Gasteiger partial charge is 0.347 e. The summed E-state index contributed by atoms with van der Waals surface area (Å²) >= 11 is 3.59. The summed E-state index contributed by atoms with van der Waals surface area (Å²) in [5, 5.41) is 4.48. The number of halogens is 1. The third-order valence-corrected chi connectivity index (χ3v) is 3.38. The lowest BCUT2D eigenvalue weighted by atomic mass is 10.2. The molecule has 0 fully saturated rings. The molecule has 0 bridgehead atoms. The van der Waals surface area contributed by atoms with E-state index in [0.29, 0.717) is 0 Å². The quantitative estimate of drug-likeness (QED) is 0.904. The van der Waals surface area contributed by atoms with Crippen molar-refractivity contribution in [3.63, 3.8) is 0 Å². The number of nitrogens with one attached hydrogen (secondary N) is 1. The summed E-state index contributed by atoms with van der Waals surface area (Å²) in [6, 6.07) is 8.58. The van der Waals surface area contributed by atoms with Crippen LogP contribution in [0.4, 0.5) is 0 Å². The molecule has 0 saturated heterocycles. The fraction of sp³-hybridized carbons (Fsp3) is 0.333. The number of likely N-dealkylation sites (N-methyl/N-ethyl adjacent to an activating group) is 1. The summed E-state index contributed by atoms with van der Waals surface area (Å²) in [7, 11) is 4.11. The average Bonchev–Trinajstić information content (AvgIpc) is 2.54. The molecule has 15 heavy (non-hydrogen) atoms. The summed E-state index contributed by atoms with van der Waals surface area (Å²) in [6.45, 7) is 1.02. The first-order valence-electron chi connectivity index (χ1n) is 5.11. The van der Waals surface area contributed by atoms with Crippen LogP contribution < -0.4 is 5.32 Å². The Bertz CT molecular complexity index is 474. The van der Waals surface area contributed by atoms with Crippen LogP contribution in [0, 0.1) is 0 Å². The molecule has 2 rings (SSSR count). The van der Waals surface area contributed by atoms with Gasteiger partial charge in [0.15, 0.2) is 0 Å². The number of para-hydroxylation sites is 1. The standard InChI is InChI=1S/C12H15BrN2/c1-14-7-6-10-8-9-4-3-5-11(13)12(9)15(10)2/h3-5,8,14H,6-7H2,1-2H3. The first-order chi connectivity index (χ1) is 7.24. The Morgan fingerprint density at radius 1 is 1.40 bits per heavy atom. The maximum Gasteiger partial charge on any atom is 0.0624 e. The molecule has 0 aliphatic carbocycles. The van der Waals surface area contributed by atoms with Gasteiger partial charge in [-0.05, 0) is 35.1 Å². The highest BCUT2D eigenvalue weighted by Gasteiger charge is 2.07. The fourth-order valence-corrected chi connectivity index (χ4v) is 2.56. The smallest absolute Gasteiger partial charge is 0.0624 e. The summed E-state index contributed by atoms with van der Waals surface area (Å²) in [5.41, 5.74) is 2.65. The van der Waals surface area contributed by atoms with Gasteiger partial charge in [-0.1, -0.05) is 12.1 Å². The van der Waals surface area contributed by atoms with E-state index in [9.17, 15) is 0 Å². The number of nitrogens with zero attached hydrogens (tertiary/aromatic N) is 1. The van der Waals surface area contributed by atoms with E-state index in [1.165, 1.54) is 21.1 Å². The molecule has 2 nitrogen and oxygen atoms in total. The Labute approximate surface area is 98.4 Å². The number of fused-ring (bicyclic) bond motifs is 1. The first kappa shape index (κ1) is 10.7. The van der Waals surface area contributed by atoms with Gasteiger partial charge in [-0.3, -0.25) is 0 Å². The van der Waals surface area contributed by atoms with Crippen molar-refractivity contribution in [2.75, 3.05) is 13.6 Å². The molecule has 3 heteroatoms. The van der Waals surface area contributed by atoms with Crippen LogP contribution in [-0.4, -0.2) is 18.2 Å². The molecule has 0 aliphatic rings. The number of hydrogen-bond acceptors (Lipinski definition) is 1. The van der Waals surface area contributed by atoms with Gasteiger partial charge >= 0.3 is 0 Å². The van der Waals surface area contributed by atoms with E-state index < -0.39 is 0 Å². The minimum Gasteiger partial charge on any atom is -0.347 e. The second-order valence-corrected chi connectivity index (χ2v) is 4.58. The highest BCUT2D eigenvalue weighted by atomic mass is 79.9. The molecular weight excluding hydrogens is 252 g/mol. The molecule has 1 aromatic heterocycles. The predicted molar refractivity (Wildman–Crippen MR) is 68.2 cm³/mol. The van der Waals surface area contributed by atoms with Crippen molar-refractivity contribution in [3.8, 4) is 0 Å². The lowest BCUT2D eigenvalue weighted by Gasteiger charge is -2.04. The van der Waals surface area contributed by atoms with Crippen molar-refractivity contribution >= 4 is 26.8 Å². The van der Waals surface area contributed by atoms with Crippen molar-refractivity contribution in [3.05, 3.63) is 34.4 Å². The van der Waals surface area contributed by atoms with Crippen LogP contribution in [0.15, 0.2) is 28.7 Å². The fourth-order valence-electron chi connectivity index (χ4n) is 1.92. The zero-order chi connectivity index (χ0) is 10.8. The second kappa shape index (κ2) is 4.37. The summed E-state index contributed by atoms with van der Waals surface area (Å²) in [5.74, 6) is 0. The Morgan fingerprint density at radius 2 is 2.20 bits per heavy atom. The van der Waals surface area contributed by atoms with Crippen molar-refractivity contribution in [2.45, 2.75) is 6.42 Å². The molecule has 1 aromatic carbocycles. The average molecular weight is 267 g/mol. The van der Waals surface area contributed by atoms with E-state index in [1.54, 1.807) is 0 Å². The summed E-state index contributed by atoms with van der Waals surface area (Å²) in [6.07, 6.45) is 1.06. The molecule has 0 saturated carbocycles. The first-order valence-corrected chi connectivity index (χ1v) is 5.90. The van der Waals surface area contributed by atoms with Crippen LogP contribution in [0.3, 0.4) is 0 Å². The SMILES string of the molecule is CNCCc1cc2cccc(Br)c2n1C. The van der Waals surface area contributed by atoms with Gasteiger partial charge in [-0.25, -0.2) is 0 Å². The van der Waals surface area contributed by atoms with Gasteiger partial charge in [0, 0.05) is 35.6 Å². The van der Waals surface area contributed by atoms with Crippen LogP contribution in [0.25, 0.3) is 10.9 Å². The monoisotopic (exact) mass is 266 g/mol. The van der Waals surface area contributed by atoms with Gasteiger partial charge in [0.25, 0.3) is 0 Å². The van der Waals surface area contributed by atoms with Crippen LogP contribution in [-0.2, 0) is 13.5 Å². The van der Waals surface area contributed by atoms with Gasteiger partial charge in [-0.2, -0.15) is 0 Å². The molecule has 1 N–H and O–H groups in total. The zero-order valence-corrected chi connectivity index (χ0v) is 10.6. The van der Waals surface area contributed by atoms with Crippen LogP contribution in [0.1, 0.15) is 5.69 Å². The van der Waals surface area contributed by atoms with Gasteiger partial charge in [0.2, 0.25) is 0 Å². The van der Waals surface area contributed by atoms with Crippen molar-refractivity contribution in [1.29, 1.82) is 0 Å². The van der Waals surface area contributed by atoms with Crippen molar-refractivity contribution in [2.24, 2.45) is 7.05 Å². The van der Waals surface area contributed by atoms with Gasteiger partial charge in [-0.15, -0.1) is 0 Å². The number of aromatic nitrogens is 1. The van der Waals surface area contributed by atoms with Gasteiger partial charge in [0.1, 0.15) is 0 Å². The third kappa shape index (κ3) is 1.94. The maximum absolute atomic E-state index is 3.59. The Morgan fingerprint density at radius 3 is 2.87 bits per heavy atom. The number of hydrogen-bond donors (Lipinski definition) is 1. The molecule has 0 spiro atoms. The third-order valence-electron chi connectivity index (χ3n) is 2.74. The summed E-state index contributed by atoms with van der Waals surface area (Å²) in [4.78, 5) is 0. The molecule has 0 atom stereocenters. The zero-order valence-electron chi connectivity index (χ0n) is 9.05. The predicted octanol–water partition coefficient (Wildman–Crippen LogP) is 2.70. The lowest BCUT2D eigenvalue weighted by molar-refractivity contribution is 0.746. The van der Waals surface area contributed by atoms with E-state index in [0.717, 1.165) is 13.0 Å². The van der Waals surface area contributed by atoms with E-state index >= 15 is 0 Å². The molecular formula is C12H15BrN2. The Balaban J connectivity index is 2.50. The van der Waals surface area contributed by atoms with E-state index in [2.05, 4.69) is 57.1 Å². The number of aryl methyl sites for hydroxylation is 1. The summed E-state index contributed by atoms with van der Waals surface area (Å²) < 4.78 is 3.43. The number of benzene rings is 1. The van der Waals surface area contributed by atoms with Crippen LogP contribution in [0.5, 0.6) is 0 Å². The second-order valence-electron chi connectivity index (χ2n) is 3.73. The maximum atomic E-state index is 3.59. The normalized spacial score (nSPS) is 11.1. The highest BCUT2D eigenvalue weighted by molar-refractivity contribution is 9.10. The molecule has 1 heterocycles. The topological polar surface area (TPSA) is 17.0 Å². The van der Waals surface area contributed by atoms with E-state index in [1.807, 2.05) is 7.05 Å². The molecule has 0 aliphatic heterocycles. The Kier molecular flexibility index (Phi) is 3.12. The van der Waals surface area contributed by atoms with Crippen LogP contribution >= 0.6 is 15.9 Å². The van der Waals surface area contributed by atoms with Gasteiger partial charge < -0.3 is 9.88 Å². The number of rotatable bonds is 3. The minimum atomic E-state index is 1.02. The lowest BCUT2D eigenvalue weighted by Crippen LogP contribution is -2.12. The van der Waals surface area contributed by atoms with Crippen molar-refractivity contribution in [1.82, 2.24) is 9.88 Å². The highest BCUT2D eigenvalue weighted by Crippen LogP contribution is 2.26.